The molecule has 0 spiro atoms. The van der Waals surface area contributed by atoms with E-state index in [1.807, 2.05) is 33.0 Å². The van der Waals surface area contributed by atoms with Gasteiger partial charge in [0.1, 0.15) is 6.61 Å². The van der Waals surface area contributed by atoms with Crippen molar-refractivity contribution >= 4 is 11.7 Å². The molecular weight excluding hydrogens is 254 g/mol. The van der Waals surface area contributed by atoms with Crippen LogP contribution < -0.4 is 5.73 Å². The molecule has 0 aliphatic rings. The van der Waals surface area contributed by atoms with E-state index in [-0.39, 0.29) is 6.61 Å². The molecule has 0 fully saturated rings. The summed E-state index contributed by atoms with van der Waals surface area (Å²) < 4.78 is 7.04. The standard InChI is InChI=1S/C15H19N3O2/c1-4-11-8-12(18(3)17-11)9-20-15(19)13-7-5-6-10(2)14(13)16/h5-8H,4,9,16H2,1-3H3. The van der Waals surface area contributed by atoms with Gasteiger partial charge in [0.2, 0.25) is 0 Å². The first-order valence-electron chi connectivity index (χ1n) is 6.57. The maximum atomic E-state index is 12.0. The summed E-state index contributed by atoms with van der Waals surface area (Å²) in [6.07, 6.45) is 0.854. The molecule has 0 saturated heterocycles. The molecule has 106 valence electrons. The van der Waals surface area contributed by atoms with E-state index in [2.05, 4.69) is 5.10 Å². The van der Waals surface area contributed by atoms with Crippen LogP contribution in [0, 0.1) is 6.92 Å². The summed E-state index contributed by atoms with van der Waals surface area (Å²) in [6.45, 7) is 4.09. The van der Waals surface area contributed by atoms with Crippen molar-refractivity contribution < 1.29 is 9.53 Å². The molecule has 0 radical (unpaired) electrons. The van der Waals surface area contributed by atoms with Crippen molar-refractivity contribution in [1.82, 2.24) is 9.78 Å². The maximum Gasteiger partial charge on any atom is 0.340 e. The van der Waals surface area contributed by atoms with Gasteiger partial charge in [0.25, 0.3) is 0 Å². The van der Waals surface area contributed by atoms with Crippen molar-refractivity contribution in [2.75, 3.05) is 5.73 Å². The van der Waals surface area contributed by atoms with E-state index >= 15 is 0 Å². The fourth-order valence-electron chi connectivity index (χ4n) is 1.96. The maximum absolute atomic E-state index is 12.0. The Kier molecular flexibility index (Phi) is 4.08. The van der Waals surface area contributed by atoms with E-state index < -0.39 is 5.97 Å². The summed E-state index contributed by atoms with van der Waals surface area (Å²) in [6, 6.07) is 7.26. The lowest BCUT2D eigenvalue weighted by atomic mass is 10.1. The molecular formula is C15H19N3O2. The third-order valence-electron chi connectivity index (χ3n) is 3.28. The minimum Gasteiger partial charge on any atom is -0.456 e. The smallest absolute Gasteiger partial charge is 0.340 e. The Bertz CT molecular complexity index is 632. The minimum atomic E-state index is -0.412. The van der Waals surface area contributed by atoms with Crippen molar-refractivity contribution in [3.8, 4) is 0 Å². The van der Waals surface area contributed by atoms with E-state index in [4.69, 9.17) is 10.5 Å². The summed E-state index contributed by atoms with van der Waals surface area (Å²) >= 11 is 0. The Morgan fingerprint density at radius 1 is 1.45 bits per heavy atom. The number of rotatable bonds is 4. The van der Waals surface area contributed by atoms with E-state index in [1.54, 1.807) is 16.8 Å². The number of aryl methyl sites for hydroxylation is 3. The Balaban J connectivity index is 2.08. The van der Waals surface area contributed by atoms with Crippen LogP contribution >= 0.6 is 0 Å². The lowest BCUT2D eigenvalue weighted by molar-refractivity contribution is 0.0464. The number of anilines is 1. The van der Waals surface area contributed by atoms with Crippen molar-refractivity contribution in [3.63, 3.8) is 0 Å². The topological polar surface area (TPSA) is 70.1 Å². The number of para-hydroxylation sites is 1. The van der Waals surface area contributed by atoms with Crippen LogP contribution in [0.1, 0.15) is 34.2 Å². The van der Waals surface area contributed by atoms with Crippen LogP contribution in [0.25, 0.3) is 0 Å². The van der Waals surface area contributed by atoms with Crippen molar-refractivity contribution in [2.24, 2.45) is 7.05 Å². The zero-order valence-corrected chi connectivity index (χ0v) is 12.0. The molecule has 0 amide bonds. The Labute approximate surface area is 118 Å². The molecule has 5 nitrogen and oxygen atoms in total. The van der Waals surface area contributed by atoms with Gasteiger partial charge in [-0.25, -0.2) is 4.79 Å². The second-order valence-corrected chi connectivity index (χ2v) is 4.72. The molecule has 20 heavy (non-hydrogen) atoms. The second kappa shape index (κ2) is 5.77. The highest BCUT2D eigenvalue weighted by molar-refractivity contribution is 5.95. The van der Waals surface area contributed by atoms with E-state index in [0.29, 0.717) is 11.3 Å². The number of hydrogen-bond acceptors (Lipinski definition) is 4. The Hall–Kier alpha value is -2.30. The molecule has 0 saturated carbocycles. The first kappa shape index (κ1) is 14.1. The average Bonchev–Trinajstić information content (AvgIpc) is 2.80. The van der Waals surface area contributed by atoms with Gasteiger partial charge < -0.3 is 10.5 Å². The van der Waals surface area contributed by atoms with Gasteiger partial charge >= 0.3 is 5.97 Å². The number of aromatic nitrogens is 2. The quantitative estimate of drug-likeness (QED) is 0.685. The van der Waals surface area contributed by atoms with Crippen LogP contribution in [-0.2, 0) is 24.8 Å². The van der Waals surface area contributed by atoms with Crippen molar-refractivity contribution in [2.45, 2.75) is 26.9 Å². The number of benzene rings is 1. The number of hydrogen-bond donors (Lipinski definition) is 1. The predicted octanol–water partition coefficient (Wildman–Crippen LogP) is 2.23. The second-order valence-electron chi connectivity index (χ2n) is 4.72. The largest absolute Gasteiger partial charge is 0.456 e. The van der Waals surface area contributed by atoms with Crippen molar-refractivity contribution in [3.05, 3.63) is 46.8 Å². The lowest BCUT2D eigenvalue weighted by Crippen LogP contribution is -2.10. The van der Waals surface area contributed by atoms with E-state index in [9.17, 15) is 4.79 Å². The molecule has 2 rings (SSSR count). The van der Waals surface area contributed by atoms with Gasteiger partial charge in [-0.05, 0) is 31.0 Å². The third-order valence-corrected chi connectivity index (χ3v) is 3.28. The molecule has 1 aromatic heterocycles. The van der Waals surface area contributed by atoms with Crippen LogP contribution in [0.2, 0.25) is 0 Å². The average molecular weight is 273 g/mol. The van der Waals surface area contributed by atoms with Gasteiger partial charge in [-0.2, -0.15) is 5.10 Å². The van der Waals surface area contributed by atoms with Crippen LogP contribution in [0.5, 0.6) is 0 Å². The van der Waals surface area contributed by atoms with Gasteiger partial charge in [0.05, 0.1) is 17.0 Å². The fraction of sp³-hybridized carbons (Fsp3) is 0.333. The van der Waals surface area contributed by atoms with Gasteiger partial charge in [0.15, 0.2) is 0 Å². The SMILES string of the molecule is CCc1cc(COC(=O)c2cccc(C)c2N)n(C)n1. The molecule has 0 bridgehead atoms. The van der Waals surface area contributed by atoms with E-state index in [0.717, 1.165) is 23.4 Å². The number of nitrogen functional groups attached to an aromatic ring is 1. The number of nitrogens with zero attached hydrogens (tertiary/aromatic N) is 2. The Morgan fingerprint density at radius 3 is 2.85 bits per heavy atom. The molecule has 0 aliphatic heterocycles. The summed E-state index contributed by atoms with van der Waals surface area (Å²) in [5.41, 5.74) is 9.48. The summed E-state index contributed by atoms with van der Waals surface area (Å²) in [5.74, 6) is -0.412. The fourth-order valence-corrected chi connectivity index (χ4v) is 1.96. The normalized spacial score (nSPS) is 10.6. The van der Waals surface area contributed by atoms with Crippen LogP contribution in [0.15, 0.2) is 24.3 Å². The van der Waals surface area contributed by atoms with Crippen LogP contribution in [0.3, 0.4) is 0 Å². The molecule has 5 heteroatoms. The Morgan fingerprint density at radius 2 is 2.20 bits per heavy atom. The highest BCUT2D eigenvalue weighted by atomic mass is 16.5. The monoisotopic (exact) mass is 273 g/mol. The molecule has 0 atom stereocenters. The first-order valence-corrected chi connectivity index (χ1v) is 6.57. The van der Waals surface area contributed by atoms with Gasteiger partial charge in [0, 0.05) is 12.7 Å². The lowest BCUT2D eigenvalue weighted by Gasteiger charge is -2.08. The molecule has 0 unspecified atom stereocenters. The highest BCUT2D eigenvalue weighted by Crippen LogP contribution is 2.18. The molecule has 1 aromatic carbocycles. The molecule has 0 aliphatic carbocycles. The number of carbonyl (C=O) groups is 1. The number of esters is 1. The van der Waals surface area contributed by atoms with Crippen LogP contribution in [0.4, 0.5) is 5.69 Å². The third kappa shape index (κ3) is 2.82. The molecule has 2 N–H and O–H groups in total. The predicted molar refractivity (Wildman–Crippen MR) is 77.3 cm³/mol. The number of carbonyl (C=O) groups excluding carboxylic acids is 1. The first-order chi connectivity index (χ1) is 9.52. The molecule has 2 aromatic rings. The highest BCUT2D eigenvalue weighted by Gasteiger charge is 2.13. The summed E-state index contributed by atoms with van der Waals surface area (Å²) in [7, 11) is 1.84. The van der Waals surface area contributed by atoms with Crippen LogP contribution in [-0.4, -0.2) is 15.7 Å². The summed E-state index contributed by atoms with van der Waals surface area (Å²) in [4.78, 5) is 12.0. The number of ether oxygens (including phenoxy) is 1. The van der Waals surface area contributed by atoms with E-state index in [1.165, 1.54) is 0 Å². The van der Waals surface area contributed by atoms with Gasteiger partial charge in [-0.1, -0.05) is 19.1 Å². The van der Waals surface area contributed by atoms with Gasteiger partial charge in [-0.15, -0.1) is 0 Å². The van der Waals surface area contributed by atoms with Gasteiger partial charge in [-0.3, -0.25) is 4.68 Å². The van der Waals surface area contributed by atoms with Crippen molar-refractivity contribution in [1.29, 1.82) is 0 Å². The number of nitrogens with two attached hydrogens (primary N) is 1. The molecule has 1 heterocycles. The summed E-state index contributed by atoms with van der Waals surface area (Å²) in [5, 5.41) is 4.31. The zero-order chi connectivity index (χ0) is 14.7. The minimum absolute atomic E-state index is 0.190. The zero-order valence-electron chi connectivity index (χ0n) is 12.0.